The Kier molecular flexibility index (Phi) is 3.87. The van der Waals surface area contributed by atoms with E-state index in [0.29, 0.717) is 11.3 Å². The zero-order valence-electron chi connectivity index (χ0n) is 10.2. The van der Waals surface area contributed by atoms with E-state index in [0.717, 1.165) is 0 Å². The Balaban J connectivity index is 2.00. The number of methoxy groups -OCH3 is 1. The Morgan fingerprint density at radius 1 is 1.42 bits per heavy atom. The Morgan fingerprint density at radius 2 is 2.26 bits per heavy atom. The van der Waals surface area contributed by atoms with E-state index in [2.05, 4.69) is 20.1 Å². The number of nitrogens with zero attached hydrogens (tertiary/aromatic N) is 3. The van der Waals surface area contributed by atoms with Crippen molar-refractivity contribution >= 4 is 17.6 Å². The second-order valence-electron chi connectivity index (χ2n) is 3.70. The van der Waals surface area contributed by atoms with Crippen LogP contribution in [0.2, 0.25) is 0 Å². The highest BCUT2D eigenvalue weighted by Crippen LogP contribution is 2.07. The van der Waals surface area contributed by atoms with Crippen LogP contribution in [0.4, 0.5) is 5.69 Å². The zero-order valence-corrected chi connectivity index (χ0v) is 10.2. The maximum absolute atomic E-state index is 11.8. The third-order valence-electron chi connectivity index (χ3n) is 2.33. The molecule has 0 saturated carbocycles. The minimum absolute atomic E-state index is 0.000731. The molecule has 0 aliphatic heterocycles. The topological polar surface area (TPSA) is 86.1 Å². The lowest BCUT2D eigenvalue weighted by Gasteiger charge is -2.01. The van der Waals surface area contributed by atoms with Crippen LogP contribution >= 0.6 is 0 Å². The Morgan fingerprint density at radius 3 is 2.95 bits per heavy atom. The molecule has 0 fully saturated rings. The van der Waals surface area contributed by atoms with Gasteiger partial charge in [0.25, 0.3) is 5.91 Å². The summed E-state index contributed by atoms with van der Waals surface area (Å²) in [5.41, 5.74) is 0.945. The number of pyridine rings is 1. The van der Waals surface area contributed by atoms with E-state index in [1.807, 2.05) is 0 Å². The second kappa shape index (κ2) is 5.76. The molecule has 0 unspecified atom stereocenters. The first kappa shape index (κ1) is 12.7. The molecule has 0 atom stereocenters. The summed E-state index contributed by atoms with van der Waals surface area (Å²) in [5.74, 6) is -0.695. The minimum Gasteiger partial charge on any atom is -0.468 e. The summed E-state index contributed by atoms with van der Waals surface area (Å²) in [6.07, 6.45) is 6.06. The number of ether oxygens (including phenoxy) is 1. The van der Waals surface area contributed by atoms with Gasteiger partial charge in [-0.1, -0.05) is 0 Å². The van der Waals surface area contributed by atoms with Gasteiger partial charge >= 0.3 is 5.97 Å². The third kappa shape index (κ3) is 3.38. The van der Waals surface area contributed by atoms with Gasteiger partial charge in [-0.15, -0.1) is 0 Å². The predicted octanol–water partition coefficient (Wildman–Crippen LogP) is 0.703. The van der Waals surface area contributed by atoms with Crippen molar-refractivity contribution < 1.29 is 14.3 Å². The lowest BCUT2D eigenvalue weighted by atomic mass is 10.3. The molecule has 0 bridgehead atoms. The molecule has 0 radical (unpaired) electrons. The summed E-state index contributed by atoms with van der Waals surface area (Å²) in [7, 11) is 1.30. The van der Waals surface area contributed by atoms with E-state index in [-0.39, 0.29) is 12.5 Å². The van der Waals surface area contributed by atoms with Crippen molar-refractivity contribution in [2.75, 3.05) is 12.4 Å². The van der Waals surface area contributed by atoms with Crippen LogP contribution < -0.4 is 5.32 Å². The van der Waals surface area contributed by atoms with Gasteiger partial charge in [0.05, 0.1) is 24.6 Å². The fraction of sp³-hybridized carbons (Fsp3) is 0.167. The fourth-order valence-electron chi connectivity index (χ4n) is 1.41. The third-order valence-corrected chi connectivity index (χ3v) is 2.33. The van der Waals surface area contributed by atoms with Crippen molar-refractivity contribution in [3.63, 3.8) is 0 Å². The lowest BCUT2D eigenvalue weighted by molar-refractivity contribution is -0.141. The first-order valence-corrected chi connectivity index (χ1v) is 5.49. The summed E-state index contributed by atoms with van der Waals surface area (Å²) >= 11 is 0. The van der Waals surface area contributed by atoms with Crippen LogP contribution in [0, 0.1) is 0 Å². The van der Waals surface area contributed by atoms with Gasteiger partial charge in [0.1, 0.15) is 6.54 Å². The molecule has 2 aromatic heterocycles. The zero-order chi connectivity index (χ0) is 13.7. The average Bonchev–Trinajstić information content (AvgIpc) is 2.86. The van der Waals surface area contributed by atoms with E-state index >= 15 is 0 Å². The summed E-state index contributed by atoms with van der Waals surface area (Å²) < 4.78 is 5.90. The van der Waals surface area contributed by atoms with Crippen molar-refractivity contribution in [1.82, 2.24) is 14.8 Å². The van der Waals surface area contributed by atoms with Crippen LogP contribution in [0.25, 0.3) is 0 Å². The van der Waals surface area contributed by atoms with Gasteiger partial charge in [-0.05, 0) is 12.1 Å². The predicted molar refractivity (Wildman–Crippen MR) is 66.4 cm³/mol. The van der Waals surface area contributed by atoms with Crippen molar-refractivity contribution in [2.45, 2.75) is 6.54 Å². The molecule has 7 nitrogen and oxygen atoms in total. The monoisotopic (exact) mass is 260 g/mol. The van der Waals surface area contributed by atoms with Crippen LogP contribution in [0.5, 0.6) is 0 Å². The number of nitrogens with one attached hydrogen (secondary N) is 1. The minimum atomic E-state index is -0.409. The van der Waals surface area contributed by atoms with Gasteiger partial charge in [0, 0.05) is 18.6 Å². The van der Waals surface area contributed by atoms with E-state index in [9.17, 15) is 9.59 Å². The van der Waals surface area contributed by atoms with E-state index in [1.54, 1.807) is 24.5 Å². The molecule has 0 aliphatic rings. The smallest absolute Gasteiger partial charge is 0.327 e. The van der Waals surface area contributed by atoms with Crippen LogP contribution in [0.15, 0.2) is 36.9 Å². The molecule has 2 heterocycles. The summed E-state index contributed by atoms with van der Waals surface area (Å²) in [6.45, 7) is -0.000731. The molecule has 7 heteroatoms. The van der Waals surface area contributed by atoms with Crippen molar-refractivity contribution in [3.05, 3.63) is 42.5 Å². The summed E-state index contributed by atoms with van der Waals surface area (Å²) in [5, 5.41) is 6.59. The van der Waals surface area contributed by atoms with Crippen molar-refractivity contribution in [2.24, 2.45) is 0 Å². The molecular formula is C12H12N4O3. The summed E-state index contributed by atoms with van der Waals surface area (Å²) in [4.78, 5) is 26.7. The normalized spacial score (nSPS) is 9.95. The SMILES string of the molecule is COC(=O)Cn1cc(NC(=O)c2cccnc2)cn1. The number of rotatable bonds is 4. The molecule has 19 heavy (non-hydrogen) atoms. The quantitative estimate of drug-likeness (QED) is 0.818. The van der Waals surface area contributed by atoms with Gasteiger partial charge in [-0.25, -0.2) is 0 Å². The van der Waals surface area contributed by atoms with Gasteiger partial charge in [0.15, 0.2) is 0 Å². The van der Waals surface area contributed by atoms with Gasteiger partial charge < -0.3 is 10.1 Å². The number of carbonyl (C=O) groups is 2. The van der Waals surface area contributed by atoms with Crippen LogP contribution in [0.3, 0.4) is 0 Å². The molecule has 0 aliphatic carbocycles. The molecule has 1 N–H and O–H groups in total. The number of carbonyl (C=O) groups excluding carboxylic acids is 2. The van der Waals surface area contributed by atoms with Gasteiger partial charge in [0.2, 0.25) is 0 Å². The highest BCUT2D eigenvalue weighted by Gasteiger charge is 2.08. The Bertz CT molecular complexity index is 580. The van der Waals surface area contributed by atoms with E-state index < -0.39 is 5.97 Å². The molecule has 0 aromatic carbocycles. The first-order valence-electron chi connectivity index (χ1n) is 5.49. The number of hydrogen-bond acceptors (Lipinski definition) is 5. The number of amides is 1. The first-order chi connectivity index (χ1) is 9.19. The maximum atomic E-state index is 11.8. The van der Waals surface area contributed by atoms with Crippen LogP contribution in [-0.2, 0) is 16.1 Å². The van der Waals surface area contributed by atoms with Gasteiger partial charge in [-0.3, -0.25) is 19.3 Å². The fourth-order valence-corrected chi connectivity index (χ4v) is 1.41. The van der Waals surface area contributed by atoms with Crippen LogP contribution in [0.1, 0.15) is 10.4 Å². The lowest BCUT2D eigenvalue weighted by Crippen LogP contribution is -2.12. The van der Waals surface area contributed by atoms with E-state index in [1.165, 1.54) is 24.2 Å². The van der Waals surface area contributed by atoms with E-state index in [4.69, 9.17) is 0 Å². The standard InChI is InChI=1S/C12H12N4O3/c1-19-11(17)8-16-7-10(6-14-16)15-12(18)9-3-2-4-13-5-9/h2-7H,8H2,1H3,(H,15,18). The Hall–Kier alpha value is -2.70. The van der Waals surface area contributed by atoms with Gasteiger partial charge in [-0.2, -0.15) is 5.10 Å². The molecule has 98 valence electrons. The molecule has 2 aromatic rings. The highest BCUT2D eigenvalue weighted by atomic mass is 16.5. The second-order valence-corrected chi connectivity index (χ2v) is 3.70. The number of hydrogen-bond donors (Lipinski definition) is 1. The molecule has 0 spiro atoms. The number of anilines is 1. The van der Waals surface area contributed by atoms with Crippen molar-refractivity contribution in [1.29, 1.82) is 0 Å². The summed E-state index contributed by atoms with van der Waals surface area (Å²) in [6, 6.07) is 3.33. The average molecular weight is 260 g/mol. The maximum Gasteiger partial charge on any atom is 0.327 e. The molecule has 0 saturated heterocycles. The highest BCUT2D eigenvalue weighted by molar-refractivity contribution is 6.03. The Labute approximate surface area is 109 Å². The number of esters is 1. The largest absolute Gasteiger partial charge is 0.468 e. The molecule has 1 amide bonds. The molecule has 2 rings (SSSR count). The van der Waals surface area contributed by atoms with Crippen LogP contribution in [-0.4, -0.2) is 33.8 Å². The number of aromatic nitrogens is 3. The molecular weight excluding hydrogens is 248 g/mol. The van der Waals surface area contributed by atoms with Crippen molar-refractivity contribution in [3.8, 4) is 0 Å².